The molecule has 1 aromatic carbocycles. The van der Waals surface area contributed by atoms with Crippen LogP contribution in [-0.4, -0.2) is 45.4 Å². The minimum absolute atomic E-state index is 0.0213. The van der Waals surface area contributed by atoms with Crippen LogP contribution in [0.1, 0.15) is 34.8 Å². The summed E-state index contributed by atoms with van der Waals surface area (Å²) in [6.45, 7) is 5.92. The van der Waals surface area contributed by atoms with Crippen molar-refractivity contribution in [1.29, 1.82) is 0 Å². The van der Waals surface area contributed by atoms with Gasteiger partial charge in [0.1, 0.15) is 11.4 Å². The topological polar surface area (TPSA) is 67.2 Å². The lowest BCUT2D eigenvalue weighted by molar-refractivity contribution is 0.0553. The zero-order valence-corrected chi connectivity index (χ0v) is 16.1. The standard InChI is InChI=1S/C22H24N4O2/c1-15(2)13-26-17(14-25-11-5-8-20(25)22(26)28)12-23-21(27)19-10-9-16-6-3-4-7-18(16)24-19/h3-11,15,17H,12-14H2,1-2H3,(H,23,27). The Labute approximate surface area is 164 Å². The normalized spacial score (nSPS) is 16.5. The van der Waals surface area contributed by atoms with Gasteiger partial charge in [-0.2, -0.15) is 0 Å². The first-order chi connectivity index (χ1) is 13.5. The molecule has 4 rings (SSSR count). The Hall–Kier alpha value is -3.15. The third-order valence-corrected chi connectivity index (χ3v) is 5.05. The van der Waals surface area contributed by atoms with Gasteiger partial charge in [0.2, 0.25) is 0 Å². The van der Waals surface area contributed by atoms with Crippen LogP contribution in [0.3, 0.4) is 0 Å². The maximum atomic E-state index is 12.9. The lowest BCUT2D eigenvalue weighted by atomic mass is 10.1. The number of nitrogens with zero attached hydrogens (tertiary/aromatic N) is 3. The van der Waals surface area contributed by atoms with Crippen molar-refractivity contribution in [2.24, 2.45) is 5.92 Å². The van der Waals surface area contributed by atoms with Crippen molar-refractivity contribution >= 4 is 22.7 Å². The average Bonchev–Trinajstić information content (AvgIpc) is 3.16. The van der Waals surface area contributed by atoms with Gasteiger partial charge < -0.3 is 14.8 Å². The van der Waals surface area contributed by atoms with E-state index < -0.39 is 0 Å². The van der Waals surface area contributed by atoms with Crippen LogP contribution in [0.4, 0.5) is 0 Å². The molecule has 28 heavy (non-hydrogen) atoms. The maximum absolute atomic E-state index is 12.9. The number of aromatic nitrogens is 2. The fraction of sp³-hybridized carbons (Fsp3) is 0.318. The van der Waals surface area contributed by atoms with E-state index in [0.29, 0.717) is 36.9 Å². The molecule has 3 heterocycles. The summed E-state index contributed by atoms with van der Waals surface area (Å²) >= 11 is 0. The number of nitrogens with one attached hydrogen (secondary N) is 1. The van der Waals surface area contributed by atoms with Crippen LogP contribution >= 0.6 is 0 Å². The Balaban J connectivity index is 1.50. The van der Waals surface area contributed by atoms with Gasteiger partial charge in [0.25, 0.3) is 11.8 Å². The summed E-state index contributed by atoms with van der Waals surface area (Å²) in [4.78, 5) is 31.9. The zero-order valence-electron chi connectivity index (χ0n) is 16.1. The highest BCUT2D eigenvalue weighted by molar-refractivity contribution is 5.95. The van der Waals surface area contributed by atoms with E-state index in [-0.39, 0.29) is 17.9 Å². The maximum Gasteiger partial charge on any atom is 0.270 e. The number of fused-ring (bicyclic) bond motifs is 2. The van der Waals surface area contributed by atoms with Crippen LogP contribution in [-0.2, 0) is 6.54 Å². The molecule has 0 saturated carbocycles. The molecule has 6 heteroatoms. The third-order valence-electron chi connectivity index (χ3n) is 5.05. The van der Waals surface area contributed by atoms with Gasteiger partial charge in [-0.3, -0.25) is 9.59 Å². The number of carbonyl (C=O) groups excluding carboxylic acids is 2. The molecule has 1 N–H and O–H groups in total. The van der Waals surface area contributed by atoms with Crippen LogP contribution in [0.2, 0.25) is 0 Å². The van der Waals surface area contributed by atoms with E-state index in [4.69, 9.17) is 0 Å². The van der Waals surface area contributed by atoms with Crippen LogP contribution in [0.25, 0.3) is 10.9 Å². The first-order valence-corrected chi connectivity index (χ1v) is 9.63. The molecule has 144 valence electrons. The van der Waals surface area contributed by atoms with Gasteiger partial charge in [-0.1, -0.05) is 38.1 Å². The second-order valence-electron chi connectivity index (χ2n) is 7.65. The van der Waals surface area contributed by atoms with Crippen molar-refractivity contribution in [3.05, 3.63) is 66.1 Å². The Morgan fingerprint density at radius 1 is 1.18 bits per heavy atom. The Bertz CT molecular complexity index is 1020. The molecular weight excluding hydrogens is 352 g/mol. The van der Waals surface area contributed by atoms with E-state index in [1.807, 2.05) is 58.1 Å². The summed E-state index contributed by atoms with van der Waals surface area (Å²) in [5, 5.41) is 3.97. The van der Waals surface area contributed by atoms with Crippen LogP contribution in [0.15, 0.2) is 54.7 Å². The predicted octanol–water partition coefficient (Wildman–Crippen LogP) is 2.95. The molecule has 0 spiro atoms. The Morgan fingerprint density at radius 2 is 2.00 bits per heavy atom. The Kier molecular flexibility index (Phi) is 4.86. The summed E-state index contributed by atoms with van der Waals surface area (Å²) in [6, 6.07) is 15.0. The van der Waals surface area contributed by atoms with Gasteiger partial charge in [0, 0.05) is 31.2 Å². The van der Waals surface area contributed by atoms with E-state index >= 15 is 0 Å². The highest BCUT2D eigenvalue weighted by Gasteiger charge is 2.32. The molecule has 2 aromatic heterocycles. The highest BCUT2D eigenvalue weighted by Crippen LogP contribution is 2.20. The van der Waals surface area contributed by atoms with Gasteiger partial charge in [-0.05, 0) is 30.2 Å². The van der Waals surface area contributed by atoms with Crippen LogP contribution < -0.4 is 5.32 Å². The van der Waals surface area contributed by atoms with Gasteiger partial charge in [-0.25, -0.2) is 4.98 Å². The number of para-hydroxylation sites is 1. The molecule has 1 aliphatic rings. The zero-order chi connectivity index (χ0) is 19.7. The second-order valence-corrected chi connectivity index (χ2v) is 7.65. The number of hydrogen-bond acceptors (Lipinski definition) is 3. The van der Waals surface area contributed by atoms with E-state index in [1.54, 1.807) is 6.07 Å². The number of carbonyl (C=O) groups is 2. The first-order valence-electron chi connectivity index (χ1n) is 9.63. The molecule has 1 aliphatic heterocycles. The summed E-state index contributed by atoms with van der Waals surface area (Å²) in [7, 11) is 0. The largest absolute Gasteiger partial charge is 0.349 e. The summed E-state index contributed by atoms with van der Waals surface area (Å²) in [6.07, 6.45) is 1.92. The molecule has 2 amide bonds. The smallest absolute Gasteiger partial charge is 0.270 e. The van der Waals surface area contributed by atoms with Crippen LogP contribution in [0, 0.1) is 5.92 Å². The van der Waals surface area contributed by atoms with Crippen LogP contribution in [0.5, 0.6) is 0 Å². The Morgan fingerprint density at radius 3 is 2.82 bits per heavy atom. The number of hydrogen-bond donors (Lipinski definition) is 1. The predicted molar refractivity (Wildman–Crippen MR) is 108 cm³/mol. The molecule has 3 aromatic rings. The quantitative estimate of drug-likeness (QED) is 0.744. The van der Waals surface area contributed by atoms with Crippen molar-refractivity contribution in [2.75, 3.05) is 13.1 Å². The first kappa shape index (κ1) is 18.2. The van der Waals surface area contributed by atoms with Gasteiger partial charge >= 0.3 is 0 Å². The highest BCUT2D eigenvalue weighted by atomic mass is 16.2. The van der Waals surface area contributed by atoms with Crippen molar-refractivity contribution in [1.82, 2.24) is 19.8 Å². The van der Waals surface area contributed by atoms with E-state index in [1.165, 1.54) is 0 Å². The molecule has 0 aliphatic carbocycles. The fourth-order valence-corrected chi connectivity index (χ4v) is 3.70. The molecule has 1 unspecified atom stereocenters. The number of amides is 2. The minimum Gasteiger partial charge on any atom is -0.349 e. The van der Waals surface area contributed by atoms with Crippen molar-refractivity contribution in [2.45, 2.75) is 26.4 Å². The SMILES string of the molecule is CC(C)CN1C(=O)c2cccn2CC1CNC(=O)c1ccc2ccccc2n1. The second kappa shape index (κ2) is 7.46. The van der Waals surface area contributed by atoms with E-state index in [9.17, 15) is 9.59 Å². The average molecular weight is 376 g/mol. The number of rotatable bonds is 5. The molecule has 0 bridgehead atoms. The number of benzene rings is 1. The molecular formula is C22H24N4O2. The molecule has 0 saturated heterocycles. The molecule has 6 nitrogen and oxygen atoms in total. The third kappa shape index (κ3) is 3.50. The fourth-order valence-electron chi connectivity index (χ4n) is 3.70. The monoisotopic (exact) mass is 376 g/mol. The van der Waals surface area contributed by atoms with Gasteiger partial charge in [-0.15, -0.1) is 0 Å². The van der Waals surface area contributed by atoms with Gasteiger partial charge in [0.05, 0.1) is 11.6 Å². The van der Waals surface area contributed by atoms with E-state index in [2.05, 4.69) is 24.1 Å². The van der Waals surface area contributed by atoms with Crippen molar-refractivity contribution in [3.8, 4) is 0 Å². The summed E-state index contributed by atoms with van der Waals surface area (Å²) in [5.74, 6) is 0.153. The minimum atomic E-state index is -0.221. The number of pyridine rings is 1. The molecule has 0 radical (unpaired) electrons. The van der Waals surface area contributed by atoms with E-state index in [0.717, 1.165) is 10.9 Å². The lowest BCUT2D eigenvalue weighted by Crippen LogP contribution is -2.53. The summed E-state index contributed by atoms with van der Waals surface area (Å²) in [5.41, 5.74) is 1.89. The lowest BCUT2D eigenvalue weighted by Gasteiger charge is -2.37. The molecule has 1 atom stereocenters. The van der Waals surface area contributed by atoms with Gasteiger partial charge in [0.15, 0.2) is 0 Å². The van der Waals surface area contributed by atoms with Crippen molar-refractivity contribution < 1.29 is 9.59 Å². The molecule has 0 fully saturated rings. The summed E-state index contributed by atoms with van der Waals surface area (Å²) < 4.78 is 1.96. The van der Waals surface area contributed by atoms with Crippen molar-refractivity contribution in [3.63, 3.8) is 0 Å².